The van der Waals surface area contributed by atoms with Crippen molar-refractivity contribution in [2.75, 3.05) is 6.54 Å². The molecule has 1 N–H and O–H groups in total. The first kappa shape index (κ1) is 33.1. The van der Waals surface area contributed by atoms with Crippen molar-refractivity contribution in [3.05, 3.63) is 35.9 Å². The smallest absolute Gasteiger partial charge is 0.437 e. The zero-order chi connectivity index (χ0) is 31.7. The molecule has 0 aromatic heterocycles. The van der Waals surface area contributed by atoms with E-state index in [0.717, 1.165) is 27.7 Å². The number of carboxylic acids is 1. The number of hydrogen-bond donors (Lipinski definition) is 1. The number of fused-ring (bicyclic) bond motifs is 1. The minimum absolute atomic E-state index is 0.130. The van der Waals surface area contributed by atoms with Gasteiger partial charge in [-0.05, 0) is 80.4 Å². The molecule has 3 aliphatic rings. The van der Waals surface area contributed by atoms with Crippen LogP contribution in [0.5, 0.6) is 0 Å². The summed E-state index contributed by atoms with van der Waals surface area (Å²) in [5.41, 5.74) is -2.81. The number of carbonyl (C=O) groups excluding carboxylic acids is 4. The largest absolute Gasteiger partial charge is 0.478 e. The van der Waals surface area contributed by atoms with Crippen LogP contribution in [0.2, 0.25) is 0 Å². The lowest BCUT2D eigenvalue weighted by Crippen LogP contribution is -2.73. The van der Waals surface area contributed by atoms with Crippen LogP contribution in [-0.4, -0.2) is 77.8 Å². The predicted molar refractivity (Wildman–Crippen MR) is 153 cm³/mol. The molecule has 0 spiro atoms. The Morgan fingerprint density at radius 3 is 2.07 bits per heavy atom. The molecule has 1 aliphatic carbocycles. The van der Waals surface area contributed by atoms with Gasteiger partial charge in [-0.3, -0.25) is 19.3 Å². The van der Waals surface area contributed by atoms with E-state index in [1.165, 1.54) is 0 Å². The standard InChI is InChI=1S/C28H34Cl3N3O9/c1-26(2,3)42-24(39)32-15-18(34(25(40)43-28(29,30)31)41-16-17-9-5-4-6-10-17)13-14-27(32,23(37)38)33-21(35)19-11-7-8-12-20(19)22(33)36/h4-6,9-10,18-20H,7-8,11-16H2,1-3H3,(H,37,38)/t18-,19-,20+,27-/m1/s1. The Labute approximate surface area is 264 Å². The molecule has 4 atom stereocenters. The molecule has 43 heavy (non-hydrogen) atoms. The first-order valence-electron chi connectivity index (χ1n) is 13.9. The number of nitrogens with zero attached hydrogens (tertiary/aromatic N) is 3. The molecule has 4 amide bonds. The first-order valence-corrected chi connectivity index (χ1v) is 15.1. The van der Waals surface area contributed by atoms with Gasteiger partial charge < -0.3 is 14.6 Å². The highest BCUT2D eigenvalue weighted by Crippen LogP contribution is 2.45. The van der Waals surface area contributed by atoms with E-state index in [2.05, 4.69) is 0 Å². The second-order valence-corrected chi connectivity index (χ2v) is 14.0. The van der Waals surface area contributed by atoms with Crippen molar-refractivity contribution >= 4 is 64.8 Å². The minimum atomic E-state index is -2.46. The highest BCUT2D eigenvalue weighted by molar-refractivity contribution is 6.66. The third kappa shape index (κ3) is 7.13. The van der Waals surface area contributed by atoms with Gasteiger partial charge >= 0.3 is 22.1 Å². The van der Waals surface area contributed by atoms with Crippen LogP contribution in [0.3, 0.4) is 0 Å². The number of ether oxygens (including phenoxy) is 2. The number of carbonyl (C=O) groups is 5. The Morgan fingerprint density at radius 2 is 1.56 bits per heavy atom. The summed E-state index contributed by atoms with van der Waals surface area (Å²) in [6.07, 6.45) is -0.548. The number of hydroxylamine groups is 2. The van der Waals surface area contributed by atoms with Crippen LogP contribution in [0.25, 0.3) is 0 Å². The number of alkyl halides is 3. The van der Waals surface area contributed by atoms with Crippen LogP contribution in [0.1, 0.15) is 64.9 Å². The van der Waals surface area contributed by atoms with Crippen LogP contribution >= 0.6 is 34.8 Å². The van der Waals surface area contributed by atoms with E-state index in [1.54, 1.807) is 51.1 Å². The molecule has 2 aliphatic heterocycles. The molecule has 2 saturated heterocycles. The summed E-state index contributed by atoms with van der Waals surface area (Å²) in [4.78, 5) is 74.7. The van der Waals surface area contributed by atoms with Crippen LogP contribution in [0.15, 0.2) is 30.3 Å². The summed E-state index contributed by atoms with van der Waals surface area (Å²) in [5, 5.41) is 11.5. The fourth-order valence-corrected chi connectivity index (χ4v) is 6.13. The number of rotatable bonds is 6. The number of amides is 4. The van der Waals surface area contributed by atoms with Gasteiger partial charge in [0.05, 0.1) is 24.4 Å². The Balaban J connectivity index is 1.73. The molecule has 0 bridgehead atoms. The molecule has 15 heteroatoms. The average molecular weight is 663 g/mol. The lowest BCUT2D eigenvalue weighted by Gasteiger charge is -2.50. The number of halogens is 3. The fraction of sp³-hybridized carbons (Fsp3) is 0.607. The lowest BCUT2D eigenvalue weighted by molar-refractivity contribution is -0.205. The maximum atomic E-state index is 13.7. The normalized spacial score (nSPS) is 26.1. The van der Waals surface area contributed by atoms with E-state index in [-0.39, 0.29) is 13.0 Å². The fourth-order valence-electron chi connectivity index (χ4n) is 5.94. The molecule has 2 heterocycles. The van der Waals surface area contributed by atoms with Crippen LogP contribution in [-0.2, 0) is 35.3 Å². The third-order valence-corrected chi connectivity index (χ3v) is 7.99. The maximum Gasteiger partial charge on any atom is 0.437 e. The van der Waals surface area contributed by atoms with Crippen molar-refractivity contribution in [1.29, 1.82) is 0 Å². The molecule has 0 radical (unpaired) electrons. The monoisotopic (exact) mass is 661 g/mol. The average Bonchev–Trinajstić information content (AvgIpc) is 3.17. The summed E-state index contributed by atoms with van der Waals surface area (Å²) in [7, 11) is 0. The third-order valence-electron chi connectivity index (χ3n) is 7.76. The topological polar surface area (TPSA) is 143 Å². The van der Waals surface area contributed by atoms with E-state index in [9.17, 15) is 29.1 Å². The van der Waals surface area contributed by atoms with Gasteiger partial charge in [0.1, 0.15) is 12.2 Å². The van der Waals surface area contributed by atoms with Gasteiger partial charge in [-0.15, -0.1) is 0 Å². The van der Waals surface area contributed by atoms with Crippen molar-refractivity contribution in [3.8, 4) is 0 Å². The summed E-state index contributed by atoms with van der Waals surface area (Å²) < 4.78 is 8.01. The highest BCUT2D eigenvalue weighted by atomic mass is 35.6. The van der Waals surface area contributed by atoms with Crippen molar-refractivity contribution in [1.82, 2.24) is 14.9 Å². The van der Waals surface area contributed by atoms with Gasteiger partial charge in [0, 0.05) is 6.42 Å². The molecular weight excluding hydrogens is 629 g/mol. The SMILES string of the molecule is CC(C)(C)OC(=O)N1C[C@H](N(OCc2ccccc2)C(=O)OC(Cl)(Cl)Cl)CC[C@]1(C(=O)O)N1C(=O)[C@H]2CCCC[C@H]2C1=O. The van der Waals surface area contributed by atoms with Crippen LogP contribution in [0, 0.1) is 11.8 Å². The number of carboxylic acid groups (broad SMARTS) is 1. The molecule has 12 nitrogen and oxygen atoms in total. The predicted octanol–water partition coefficient (Wildman–Crippen LogP) is 5.24. The molecule has 4 rings (SSSR count). The van der Waals surface area contributed by atoms with Gasteiger partial charge in [0.25, 0.3) is 0 Å². The van der Waals surface area contributed by atoms with Gasteiger partial charge in [-0.2, -0.15) is 5.06 Å². The molecule has 1 aromatic rings. The molecule has 236 valence electrons. The van der Waals surface area contributed by atoms with E-state index in [4.69, 9.17) is 49.1 Å². The summed E-state index contributed by atoms with van der Waals surface area (Å²) in [6.45, 7) is 4.11. The molecule has 3 fully saturated rings. The van der Waals surface area contributed by atoms with E-state index >= 15 is 0 Å². The zero-order valence-electron chi connectivity index (χ0n) is 24.0. The van der Waals surface area contributed by atoms with Crippen molar-refractivity contribution in [3.63, 3.8) is 0 Å². The zero-order valence-corrected chi connectivity index (χ0v) is 26.2. The Morgan fingerprint density at radius 1 is 0.977 bits per heavy atom. The first-order chi connectivity index (χ1) is 20.0. The van der Waals surface area contributed by atoms with E-state index in [1.807, 2.05) is 0 Å². The number of imide groups is 1. The Hall–Kier alpha value is -2.80. The molecule has 1 saturated carbocycles. The highest BCUT2D eigenvalue weighted by Gasteiger charge is 2.65. The summed E-state index contributed by atoms with van der Waals surface area (Å²) in [6, 6.07) is 7.74. The maximum absolute atomic E-state index is 13.7. The van der Waals surface area contributed by atoms with Crippen LogP contribution < -0.4 is 0 Å². The second kappa shape index (κ2) is 12.7. The molecule has 1 aromatic carbocycles. The van der Waals surface area contributed by atoms with Crippen molar-refractivity contribution in [2.45, 2.75) is 87.2 Å². The summed E-state index contributed by atoms with van der Waals surface area (Å²) >= 11 is 17.1. The van der Waals surface area contributed by atoms with Gasteiger partial charge in [-0.1, -0.05) is 43.2 Å². The van der Waals surface area contributed by atoms with E-state index in [0.29, 0.717) is 18.4 Å². The molecular formula is C28H34Cl3N3O9. The Kier molecular flexibility index (Phi) is 9.75. The lowest BCUT2D eigenvalue weighted by atomic mass is 9.81. The second-order valence-electron chi connectivity index (χ2n) is 11.8. The van der Waals surface area contributed by atoms with Crippen LogP contribution in [0.4, 0.5) is 9.59 Å². The number of benzene rings is 1. The Bertz CT molecular complexity index is 1230. The van der Waals surface area contributed by atoms with E-state index < -0.39 is 76.1 Å². The van der Waals surface area contributed by atoms with Gasteiger partial charge in [0.15, 0.2) is 0 Å². The van der Waals surface area contributed by atoms with Gasteiger partial charge in [-0.25, -0.2) is 19.3 Å². The summed E-state index contributed by atoms with van der Waals surface area (Å²) in [5.74, 6) is -4.20. The van der Waals surface area contributed by atoms with Gasteiger partial charge in [0.2, 0.25) is 17.5 Å². The van der Waals surface area contributed by atoms with Crippen molar-refractivity contribution < 1.29 is 43.4 Å². The number of hydrogen-bond acceptors (Lipinski definition) is 8. The quantitative estimate of drug-likeness (QED) is 0.246. The number of piperidine rings is 1. The number of aliphatic carboxylic acids is 1. The molecule has 0 unspecified atom stereocenters. The van der Waals surface area contributed by atoms with Crippen molar-refractivity contribution in [2.24, 2.45) is 11.8 Å². The number of likely N-dealkylation sites (tertiary alicyclic amines) is 2. The minimum Gasteiger partial charge on any atom is -0.478 e.